The van der Waals surface area contributed by atoms with E-state index in [0.29, 0.717) is 6.61 Å². The lowest BCUT2D eigenvalue weighted by molar-refractivity contribution is -0.132. The fourth-order valence-electron chi connectivity index (χ4n) is 0.735. The van der Waals surface area contributed by atoms with Crippen molar-refractivity contribution < 1.29 is 9.53 Å². The van der Waals surface area contributed by atoms with Crippen molar-refractivity contribution in [1.29, 1.82) is 0 Å². The average molecular weight is 188 g/mol. The third kappa shape index (κ3) is 6.54. The van der Waals surface area contributed by atoms with Gasteiger partial charge in [-0.25, -0.2) is 5.84 Å². The zero-order valence-electron chi connectivity index (χ0n) is 8.89. The Kier molecular flexibility index (Phi) is 4.95. The molecule has 0 saturated carbocycles. The predicted molar refractivity (Wildman–Crippen MR) is 51.8 cm³/mol. The van der Waals surface area contributed by atoms with E-state index in [1.165, 1.54) is 0 Å². The maximum atomic E-state index is 10.9. The second kappa shape index (κ2) is 5.19. The van der Waals surface area contributed by atoms with Gasteiger partial charge < -0.3 is 4.74 Å². The lowest BCUT2D eigenvalue weighted by Gasteiger charge is -2.19. The highest BCUT2D eigenvalue weighted by Crippen LogP contribution is 2.18. The first-order valence-electron chi connectivity index (χ1n) is 4.49. The fourth-order valence-corrected chi connectivity index (χ4v) is 0.735. The van der Waals surface area contributed by atoms with Gasteiger partial charge in [-0.2, -0.15) is 0 Å². The van der Waals surface area contributed by atoms with Gasteiger partial charge in [0.1, 0.15) is 6.10 Å². The van der Waals surface area contributed by atoms with Gasteiger partial charge in [0.25, 0.3) is 5.91 Å². The van der Waals surface area contributed by atoms with Gasteiger partial charge in [-0.05, 0) is 18.8 Å². The maximum Gasteiger partial charge on any atom is 0.262 e. The largest absolute Gasteiger partial charge is 0.369 e. The molecule has 0 bridgehead atoms. The first kappa shape index (κ1) is 12.4. The molecule has 0 aromatic heterocycles. The molecule has 78 valence electrons. The minimum Gasteiger partial charge on any atom is -0.369 e. The quantitative estimate of drug-likeness (QED) is 0.390. The Hall–Kier alpha value is -0.610. The molecule has 0 fully saturated rings. The molecule has 0 radical (unpaired) electrons. The van der Waals surface area contributed by atoms with Crippen LogP contribution < -0.4 is 11.3 Å². The van der Waals surface area contributed by atoms with Crippen molar-refractivity contribution in [3.63, 3.8) is 0 Å². The molecule has 0 saturated heterocycles. The summed E-state index contributed by atoms with van der Waals surface area (Å²) in [5.74, 6) is 4.67. The van der Waals surface area contributed by atoms with Crippen LogP contribution in [0, 0.1) is 5.41 Å². The van der Waals surface area contributed by atoms with Crippen molar-refractivity contribution in [2.24, 2.45) is 11.3 Å². The number of amides is 1. The highest BCUT2D eigenvalue weighted by atomic mass is 16.5. The maximum absolute atomic E-state index is 10.9. The molecule has 1 atom stereocenters. The minimum atomic E-state index is -0.465. The Labute approximate surface area is 79.8 Å². The lowest BCUT2D eigenvalue weighted by Crippen LogP contribution is -2.39. The number of nitrogens with one attached hydrogen (secondary N) is 1. The molecular weight excluding hydrogens is 168 g/mol. The van der Waals surface area contributed by atoms with Gasteiger partial charge in [0.05, 0.1) is 0 Å². The van der Waals surface area contributed by atoms with E-state index in [4.69, 9.17) is 10.6 Å². The summed E-state index contributed by atoms with van der Waals surface area (Å²) in [5.41, 5.74) is 2.28. The topological polar surface area (TPSA) is 64.3 Å². The van der Waals surface area contributed by atoms with E-state index in [1.54, 1.807) is 6.92 Å². The van der Waals surface area contributed by atoms with E-state index in [2.05, 4.69) is 20.8 Å². The first-order chi connectivity index (χ1) is 5.87. The molecule has 1 unspecified atom stereocenters. The average Bonchev–Trinajstić information content (AvgIpc) is 2.00. The molecule has 0 aliphatic rings. The van der Waals surface area contributed by atoms with Gasteiger partial charge in [-0.1, -0.05) is 20.8 Å². The first-order valence-corrected chi connectivity index (χ1v) is 4.49. The van der Waals surface area contributed by atoms with Crippen LogP contribution in [0.15, 0.2) is 0 Å². The summed E-state index contributed by atoms with van der Waals surface area (Å²) in [6.07, 6.45) is 0.460. The summed E-state index contributed by atoms with van der Waals surface area (Å²) in [7, 11) is 0. The van der Waals surface area contributed by atoms with Gasteiger partial charge in [0, 0.05) is 6.61 Å². The molecule has 0 spiro atoms. The molecule has 4 heteroatoms. The van der Waals surface area contributed by atoms with Crippen molar-refractivity contribution in [2.75, 3.05) is 6.61 Å². The van der Waals surface area contributed by atoms with Crippen LogP contribution in [0.4, 0.5) is 0 Å². The van der Waals surface area contributed by atoms with Gasteiger partial charge in [-0.15, -0.1) is 0 Å². The molecule has 1 amide bonds. The second-order valence-electron chi connectivity index (χ2n) is 4.33. The highest BCUT2D eigenvalue weighted by molar-refractivity contribution is 5.79. The Bertz CT molecular complexity index is 163. The molecule has 0 heterocycles. The van der Waals surface area contributed by atoms with Crippen molar-refractivity contribution in [1.82, 2.24) is 5.43 Å². The molecule has 0 aromatic carbocycles. The van der Waals surface area contributed by atoms with Crippen molar-refractivity contribution in [3.8, 4) is 0 Å². The van der Waals surface area contributed by atoms with E-state index >= 15 is 0 Å². The van der Waals surface area contributed by atoms with Crippen molar-refractivity contribution >= 4 is 5.91 Å². The number of carbonyl (C=O) groups excluding carboxylic acids is 1. The summed E-state index contributed by atoms with van der Waals surface area (Å²) < 4.78 is 5.28. The Balaban J connectivity index is 3.59. The third-order valence-corrected chi connectivity index (χ3v) is 1.73. The number of nitrogens with two attached hydrogens (primary N) is 1. The second-order valence-corrected chi connectivity index (χ2v) is 4.33. The zero-order chi connectivity index (χ0) is 10.5. The van der Waals surface area contributed by atoms with Gasteiger partial charge >= 0.3 is 0 Å². The molecule has 0 aliphatic heterocycles. The summed E-state index contributed by atoms with van der Waals surface area (Å²) in [6, 6.07) is 0. The highest BCUT2D eigenvalue weighted by Gasteiger charge is 2.14. The molecule has 4 nitrogen and oxygen atoms in total. The van der Waals surface area contributed by atoms with Gasteiger partial charge in [0.15, 0.2) is 0 Å². The van der Waals surface area contributed by atoms with Crippen molar-refractivity contribution in [2.45, 2.75) is 40.2 Å². The summed E-state index contributed by atoms with van der Waals surface area (Å²) in [5, 5.41) is 0. The van der Waals surface area contributed by atoms with Crippen LogP contribution in [0.25, 0.3) is 0 Å². The lowest BCUT2D eigenvalue weighted by atomic mass is 9.93. The molecule has 0 rings (SSSR count). The van der Waals surface area contributed by atoms with E-state index in [1.807, 2.05) is 5.43 Å². The monoisotopic (exact) mass is 188 g/mol. The van der Waals surface area contributed by atoms with Crippen LogP contribution >= 0.6 is 0 Å². The number of hydrazine groups is 1. The molecule has 13 heavy (non-hydrogen) atoms. The van der Waals surface area contributed by atoms with Crippen LogP contribution in [-0.2, 0) is 9.53 Å². The third-order valence-electron chi connectivity index (χ3n) is 1.73. The minimum absolute atomic E-state index is 0.235. The smallest absolute Gasteiger partial charge is 0.262 e. The van der Waals surface area contributed by atoms with E-state index < -0.39 is 6.10 Å². The van der Waals surface area contributed by atoms with Crippen molar-refractivity contribution in [3.05, 3.63) is 0 Å². The number of rotatable bonds is 4. The normalized spacial score (nSPS) is 13.9. The SMILES string of the molecule is CC(OCCC(C)(C)C)C(=O)NN. The summed E-state index contributed by atoms with van der Waals surface area (Å²) >= 11 is 0. The van der Waals surface area contributed by atoms with Crippen LogP contribution in [0.3, 0.4) is 0 Å². The Morgan fingerprint density at radius 3 is 2.46 bits per heavy atom. The van der Waals surface area contributed by atoms with Crippen LogP contribution in [0.5, 0.6) is 0 Å². The predicted octanol–water partition coefficient (Wildman–Crippen LogP) is 0.818. The Morgan fingerprint density at radius 2 is 2.08 bits per heavy atom. The number of hydrogen-bond donors (Lipinski definition) is 2. The van der Waals surface area contributed by atoms with E-state index in [9.17, 15) is 4.79 Å². The van der Waals surface area contributed by atoms with Gasteiger partial charge in [-0.3, -0.25) is 10.2 Å². The molecule has 0 aromatic rings. The zero-order valence-corrected chi connectivity index (χ0v) is 8.89. The standard InChI is InChI=1S/C9H20N2O2/c1-7(8(12)11-10)13-6-5-9(2,3)4/h7H,5-6,10H2,1-4H3,(H,11,12). The fraction of sp³-hybridized carbons (Fsp3) is 0.889. The van der Waals surface area contributed by atoms with Gasteiger partial charge in [0.2, 0.25) is 0 Å². The van der Waals surface area contributed by atoms with Crippen LogP contribution in [-0.4, -0.2) is 18.6 Å². The number of ether oxygens (including phenoxy) is 1. The van der Waals surface area contributed by atoms with E-state index in [0.717, 1.165) is 6.42 Å². The van der Waals surface area contributed by atoms with E-state index in [-0.39, 0.29) is 11.3 Å². The summed E-state index contributed by atoms with van der Waals surface area (Å²) in [6.45, 7) is 8.65. The Morgan fingerprint density at radius 1 is 1.54 bits per heavy atom. The molecule has 0 aliphatic carbocycles. The molecule has 3 N–H and O–H groups in total. The number of hydrogen-bond acceptors (Lipinski definition) is 3. The van der Waals surface area contributed by atoms with Crippen LogP contribution in [0.1, 0.15) is 34.1 Å². The molecular formula is C9H20N2O2. The van der Waals surface area contributed by atoms with Crippen LogP contribution in [0.2, 0.25) is 0 Å². The summed E-state index contributed by atoms with van der Waals surface area (Å²) in [4.78, 5) is 10.9. The number of carbonyl (C=O) groups is 1.